The molecule has 4 rings (SSSR count). The summed E-state index contributed by atoms with van der Waals surface area (Å²) in [6.07, 6.45) is 6.77. The molecule has 166 valence electrons. The summed E-state index contributed by atoms with van der Waals surface area (Å²) >= 11 is 0. The first-order valence-electron chi connectivity index (χ1n) is 11.3. The van der Waals surface area contributed by atoms with E-state index in [1.807, 2.05) is 43.6 Å². The molecule has 0 bridgehead atoms. The highest BCUT2D eigenvalue weighted by Gasteiger charge is 2.32. The minimum Gasteiger partial charge on any atom is -0.368 e. The van der Waals surface area contributed by atoms with Gasteiger partial charge in [-0.2, -0.15) is 0 Å². The Morgan fingerprint density at radius 3 is 2.59 bits per heavy atom. The monoisotopic (exact) mass is 429 g/mol. The highest BCUT2D eigenvalue weighted by molar-refractivity contribution is 5.79. The number of primary amides is 1. The standard InChI is InChI=1S/C26H31N5O/c1-19(26(27)32)31(24-9-4-6-22-7-5-15-30-25(22)24)18-21-12-10-20(11-13-21)16-28-17-23-8-2-3-14-29-23/h2-3,5,7-8,10-15,19,24,28H,4,6,9,16-18H2,1H3,(H2,27,32)/t19-,24?/m0/s1. The lowest BCUT2D eigenvalue weighted by molar-refractivity contribution is -0.124. The van der Waals surface area contributed by atoms with Crippen LogP contribution < -0.4 is 11.1 Å². The molecule has 1 amide bonds. The normalized spacial score (nSPS) is 16.5. The molecule has 3 aromatic rings. The first-order chi connectivity index (χ1) is 15.6. The van der Waals surface area contributed by atoms with Crippen LogP contribution in [0.5, 0.6) is 0 Å². The summed E-state index contributed by atoms with van der Waals surface area (Å²) in [4.78, 5) is 23.3. The number of fused-ring (bicyclic) bond motifs is 1. The zero-order valence-electron chi connectivity index (χ0n) is 18.6. The van der Waals surface area contributed by atoms with Crippen LogP contribution in [-0.2, 0) is 30.8 Å². The van der Waals surface area contributed by atoms with Crippen LogP contribution in [0.2, 0.25) is 0 Å². The van der Waals surface area contributed by atoms with Gasteiger partial charge in [0.1, 0.15) is 0 Å². The molecular formula is C26H31N5O. The second kappa shape index (κ2) is 10.5. The van der Waals surface area contributed by atoms with Crippen molar-refractivity contribution in [3.63, 3.8) is 0 Å². The molecule has 0 fully saturated rings. The lowest BCUT2D eigenvalue weighted by atomic mass is 9.89. The maximum Gasteiger partial charge on any atom is 0.234 e. The summed E-state index contributed by atoms with van der Waals surface area (Å²) in [7, 11) is 0. The van der Waals surface area contributed by atoms with Crippen LogP contribution >= 0.6 is 0 Å². The van der Waals surface area contributed by atoms with Crippen molar-refractivity contribution in [3.05, 3.63) is 95.1 Å². The molecule has 0 radical (unpaired) electrons. The van der Waals surface area contributed by atoms with E-state index in [1.54, 1.807) is 0 Å². The molecule has 2 heterocycles. The van der Waals surface area contributed by atoms with E-state index in [0.29, 0.717) is 6.54 Å². The van der Waals surface area contributed by atoms with Gasteiger partial charge in [-0.1, -0.05) is 36.4 Å². The van der Waals surface area contributed by atoms with E-state index in [4.69, 9.17) is 5.73 Å². The zero-order valence-corrected chi connectivity index (χ0v) is 18.6. The maximum absolute atomic E-state index is 12.1. The van der Waals surface area contributed by atoms with Crippen molar-refractivity contribution < 1.29 is 4.79 Å². The number of hydrogen-bond donors (Lipinski definition) is 2. The number of amides is 1. The Morgan fingerprint density at radius 1 is 1.06 bits per heavy atom. The summed E-state index contributed by atoms with van der Waals surface area (Å²) in [5.74, 6) is -0.302. The van der Waals surface area contributed by atoms with Crippen molar-refractivity contribution in [2.45, 2.75) is 57.9 Å². The molecule has 1 unspecified atom stereocenters. The molecule has 0 spiro atoms. The summed E-state index contributed by atoms with van der Waals surface area (Å²) in [5.41, 5.74) is 11.5. The van der Waals surface area contributed by atoms with Gasteiger partial charge in [0.15, 0.2) is 0 Å². The molecule has 32 heavy (non-hydrogen) atoms. The zero-order chi connectivity index (χ0) is 22.3. The number of nitrogens with zero attached hydrogens (tertiary/aromatic N) is 3. The van der Waals surface area contributed by atoms with Gasteiger partial charge in [-0.3, -0.25) is 19.7 Å². The van der Waals surface area contributed by atoms with Gasteiger partial charge in [-0.25, -0.2) is 0 Å². The van der Waals surface area contributed by atoms with Crippen LogP contribution in [-0.4, -0.2) is 26.8 Å². The predicted molar refractivity (Wildman–Crippen MR) is 125 cm³/mol. The Hall–Kier alpha value is -3.09. The van der Waals surface area contributed by atoms with E-state index >= 15 is 0 Å². The summed E-state index contributed by atoms with van der Waals surface area (Å²) in [5, 5.41) is 3.43. The quantitative estimate of drug-likeness (QED) is 0.544. The molecule has 6 heteroatoms. The number of rotatable bonds is 9. The number of nitrogens with two attached hydrogens (primary N) is 1. The Kier molecular flexibility index (Phi) is 7.24. The van der Waals surface area contributed by atoms with Gasteiger partial charge >= 0.3 is 0 Å². The number of pyridine rings is 2. The second-order valence-electron chi connectivity index (χ2n) is 8.45. The molecule has 3 N–H and O–H groups in total. The molecule has 0 saturated heterocycles. The smallest absolute Gasteiger partial charge is 0.234 e. The van der Waals surface area contributed by atoms with Crippen molar-refractivity contribution in [1.29, 1.82) is 0 Å². The highest BCUT2D eigenvalue weighted by Crippen LogP contribution is 2.35. The minimum absolute atomic E-state index is 0.0992. The maximum atomic E-state index is 12.1. The molecule has 2 atom stereocenters. The van der Waals surface area contributed by atoms with Crippen molar-refractivity contribution in [3.8, 4) is 0 Å². The third-order valence-corrected chi connectivity index (χ3v) is 6.22. The van der Waals surface area contributed by atoms with E-state index in [9.17, 15) is 4.79 Å². The number of nitrogens with one attached hydrogen (secondary N) is 1. The van der Waals surface area contributed by atoms with Crippen molar-refractivity contribution >= 4 is 5.91 Å². The first-order valence-corrected chi connectivity index (χ1v) is 11.3. The molecule has 1 aromatic carbocycles. The second-order valence-corrected chi connectivity index (χ2v) is 8.45. The molecule has 1 aliphatic carbocycles. The topological polar surface area (TPSA) is 84.1 Å². The number of aryl methyl sites for hydroxylation is 1. The lowest BCUT2D eigenvalue weighted by Crippen LogP contribution is -2.45. The highest BCUT2D eigenvalue weighted by atomic mass is 16.1. The van der Waals surface area contributed by atoms with Gasteiger partial charge in [0, 0.05) is 32.0 Å². The van der Waals surface area contributed by atoms with E-state index in [2.05, 4.69) is 50.5 Å². The fourth-order valence-corrected chi connectivity index (χ4v) is 4.40. The predicted octanol–water partition coefficient (Wildman–Crippen LogP) is 3.52. The van der Waals surface area contributed by atoms with Crippen molar-refractivity contribution in [2.75, 3.05) is 0 Å². The van der Waals surface area contributed by atoms with Crippen LogP contribution in [0.4, 0.5) is 0 Å². The van der Waals surface area contributed by atoms with E-state index in [1.165, 1.54) is 11.1 Å². The number of benzene rings is 1. The van der Waals surface area contributed by atoms with Crippen molar-refractivity contribution in [2.24, 2.45) is 5.73 Å². The molecule has 1 aliphatic rings. The lowest BCUT2D eigenvalue weighted by Gasteiger charge is -2.37. The Morgan fingerprint density at radius 2 is 1.84 bits per heavy atom. The number of aromatic nitrogens is 2. The van der Waals surface area contributed by atoms with Crippen LogP contribution in [0.15, 0.2) is 67.0 Å². The molecule has 0 aliphatic heterocycles. The van der Waals surface area contributed by atoms with Gasteiger partial charge in [0.05, 0.1) is 23.5 Å². The summed E-state index contributed by atoms with van der Waals surface area (Å²) in [6, 6.07) is 18.4. The van der Waals surface area contributed by atoms with E-state index in [-0.39, 0.29) is 18.0 Å². The molecule has 0 saturated carbocycles. The fraction of sp³-hybridized carbons (Fsp3) is 0.346. The number of carbonyl (C=O) groups is 1. The average molecular weight is 430 g/mol. The SMILES string of the molecule is C[C@@H](C(N)=O)N(Cc1ccc(CNCc2ccccn2)cc1)C1CCCc2cccnc21. The number of hydrogen-bond acceptors (Lipinski definition) is 5. The largest absolute Gasteiger partial charge is 0.368 e. The van der Waals surface area contributed by atoms with Gasteiger partial charge in [-0.05, 0) is 61.1 Å². The molecule has 6 nitrogen and oxygen atoms in total. The Labute approximate surface area is 189 Å². The van der Waals surface area contributed by atoms with Crippen LogP contribution in [0.1, 0.15) is 53.9 Å². The number of carbonyl (C=O) groups excluding carboxylic acids is 1. The fourth-order valence-electron chi connectivity index (χ4n) is 4.40. The van der Waals surface area contributed by atoms with Gasteiger partial charge in [-0.15, -0.1) is 0 Å². The Bertz CT molecular complexity index is 1020. The summed E-state index contributed by atoms with van der Waals surface area (Å²) in [6.45, 7) is 4.07. The third-order valence-electron chi connectivity index (χ3n) is 6.22. The van der Waals surface area contributed by atoms with Gasteiger partial charge in [0.2, 0.25) is 5.91 Å². The molecule has 2 aromatic heterocycles. The van der Waals surface area contributed by atoms with E-state index < -0.39 is 0 Å². The minimum atomic E-state index is -0.368. The van der Waals surface area contributed by atoms with Crippen molar-refractivity contribution in [1.82, 2.24) is 20.2 Å². The average Bonchev–Trinajstić information content (AvgIpc) is 2.83. The third kappa shape index (κ3) is 5.39. The van der Waals surface area contributed by atoms with Crippen LogP contribution in [0.3, 0.4) is 0 Å². The van der Waals surface area contributed by atoms with Gasteiger partial charge < -0.3 is 11.1 Å². The van der Waals surface area contributed by atoms with Gasteiger partial charge in [0.25, 0.3) is 0 Å². The molecular weight excluding hydrogens is 398 g/mol. The Balaban J connectivity index is 1.44. The van der Waals surface area contributed by atoms with Crippen LogP contribution in [0.25, 0.3) is 0 Å². The first kappa shape index (κ1) is 22.1. The summed E-state index contributed by atoms with van der Waals surface area (Å²) < 4.78 is 0. The van der Waals surface area contributed by atoms with Crippen LogP contribution in [0, 0.1) is 0 Å². The van der Waals surface area contributed by atoms with E-state index in [0.717, 1.165) is 49.3 Å².